The SMILES string of the molecule is CN(c1ccccc1)c1ccc2c(-c3ccccc3S(=O)(=O)N3CCC(C(=O)NCCCCCN)CC3)c3cc/c(=[N+](\C)c4ccccc4)cc-3oc2c1. The number of nitrogens with two attached hydrogens (primary N) is 1. The van der Waals surface area contributed by atoms with Gasteiger partial charge < -0.3 is 20.4 Å². The van der Waals surface area contributed by atoms with E-state index in [-0.39, 0.29) is 29.8 Å². The fourth-order valence-electron chi connectivity index (χ4n) is 7.37. The minimum atomic E-state index is -3.93. The zero-order chi connectivity index (χ0) is 37.7. The van der Waals surface area contributed by atoms with Crippen molar-refractivity contribution in [1.29, 1.82) is 0 Å². The number of hydrogen-bond acceptors (Lipinski definition) is 6. The van der Waals surface area contributed by atoms with Crippen LogP contribution in [0.4, 0.5) is 17.1 Å². The van der Waals surface area contributed by atoms with E-state index in [1.165, 1.54) is 4.31 Å². The van der Waals surface area contributed by atoms with Crippen molar-refractivity contribution in [1.82, 2.24) is 14.2 Å². The molecule has 0 aromatic heterocycles. The molecule has 10 heteroatoms. The number of fused-ring (bicyclic) bond motifs is 2. The molecule has 0 radical (unpaired) electrons. The van der Waals surface area contributed by atoms with Crippen molar-refractivity contribution in [3.8, 4) is 22.5 Å². The Balaban J connectivity index is 1.29. The van der Waals surface area contributed by atoms with E-state index in [9.17, 15) is 13.2 Å². The second-order valence-corrected chi connectivity index (χ2v) is 15.8. The maximum Gasteiger partial charge on any atom is 0.243 e. The van der Waals surface area contributed by atoms with Crippen LogP contribution in [0, 0.1) is 5.92 Å². The van der Waals surface area contributed by atoms with E-state index in [1.807, 2.05) is 99.0 Å². The van der Waals surface area contributed by atoms with Crippen LogP contribution < -0.4 is 25.9 Å². The molecule has 54 heavy (non-hydrogen) atoms. The summed E-state index contributed by atoms with van der Waals surface area (Å²) in [6.07, 6.45) is 3.75. The number of piperidine rings is 1. The molecule has 3 N–H and O–H groups in total. The molecule has 1 fully saturated rings. The molecule has 1 amide bonds. The molecule has 7 rings (SSSR count). The zero-order valence-electron chi connectivity index (χ0n) is 30.9. The van der Waals surface area contributed by atoms with Crippen LogP contribution in [-0.2, 0) is 14.8 Å². The van der Waals surface area contributed by atoms with Gasteiger partial charge in [-0.15, -0.1) is 0 Å². The van der Waals surface area contributed by atoms with E-state index in [1.54, 1.807) is 12.1 Å². The summed E-state index contributed by atoms with van der Waals surface area (Å²) >= 11 is 0. The Morgan fingerprint density at radius 3 is 2.28 bits per heavy atom. The summed E-state index contributed by atoms with van der Waals surface area (Å²) in [4.78, 5) is 15.3. The minimum absolute atomic E-state index is 0.000675. The van der Waals surface area contributed by atoms with E-state index in [0.717, 1.165) is 58.2 Å². The number of para-hydroxylation sites is 2. The number of amides is 1. The quantitative estimate of drug-likeness (QED) is 0.0771. The molecule has 278 valence electrons. The summed E-state index contributed by atoms with van der Waals surface area (Å²) < 4.78 is 39.5. The maximum atomic E-state index is 14.6. The first-order valence-electron chi connectivity index (χ1n) is 18.7. The van der Waals surface area contributed by atoms with Crippen LogP contribution in [0.2, 0.25) is 0 Å². The lowest BCUT2D eigenvalue weighted by Gasteiger charge is -2.31. The van der Waals surface area contributed by atoms with Gasteiger partial charge in [0, 0.05) is 90.3 Å². The van der Waals surface area contributed by atoms with Gasteiger partial charge in [0.2, 0.25) is 27.0 Å². The number of nitrogens with zero attached hydrogens (tertiary/aromatic N) is 3. The number of carbonyl (C=O) groups excluding carboxylic acids is 1. The van der Waals surface area contributed by atoms with E-state index >= 15 is 0 Å². The molecule has 9 nitrogen and oxygen atoms in total. The van der Waals surface area contributed by atoms with Crippen molar-refractivity contribution in [2.45, 2.75) is 37.0 Å². The molecular weight excluding hydrogens is 695 g/mol. The second kappa shape index (κ2) is 16.4. The van der Waals surface area contributed by atoms with Gasteiger partial charge in [-0.3, -0.25) is 4.79 Å². The smallest absolute Gasteiger partial charge is 0.243 e. The lowest BCUT2D eigenvalue weighted by atomic mass is 9.93. The van der Waals surface area contributed by atoms with E-state index < -0.39 is 10.0 Å². The number of hydrogen-bond donors (Lipinski definition) is 2. The summed E-state index contributed by atoms with van der Waals surface area (Å²) in [6, 6.07) is 39.7. The first-order chi connectivity index (χ1) is 26.3. The van der Waals surface area contributed by atoms with E-state index in [0.29, 0.717) is 42.8 Å². The molecule has 0 unspecified atom stereocenters. The maximum absolute atomic E-state index is 14.6. The minimum Gasteiger partial charge on any atom is -0.456 e. The molecule has 0 bridgehead atoms. The molecule has 4 aromatic carbocycles. The molecule has 0 spiro atoms. The standard InChI is InChI=1S/C44H47N5O4S/c1-47(33-14-6-3-7-15-33)35-20-22-37-40(30-35)53-41-31-36(48(2)34-16-8-4-9-17-34)21-23-38(41)43(37)39-18-10-11-19-42(39)54(51,52)49-28-24-32(25-29-49)44(50)46-27-13-5-12-26-45/h3-4,6-11,14-23,30-32H,5,12-13,24-29,45H2,1-2H3/p+1. The Hall–Kier alpha value is -5.29. The summed E-state index contributed by atoms with van der Waals surface area (Å²) in [5, 5.41) is 4.78. The third-order valence-corrected chi connectivity index (χ3v) is 12.5. The lowest BCUT2D eigenvalue weighted by molar-refractivity contribution is -0.126. The molecule has 3 aliphatic rings. The van der Waals surface area contributed by atoms with Crippen molar-refractivity contribution < 1.29 is 17.6 Å². The average Bonchev–Trinajstić information content (AvgIpc) is 3.22. The number of nitrogens with one attached hydrogen (secondary N) is 1. The Bertz CT molecular complexity index is 2390. The summed E-state index contributed by atoms with van der Waals surface area (Å²) in [5.41, 5.74) is 11.4. The van der Waals surface area contributed by atoms with Crippen molar-refractivity contribution in [2.24, 2.45) is 11.7 Å². The molecule has 2 heterocycles. The number of sulfonamides is 1. The van der Waals surface area contributed by atoms with Crippen LogP contribution in [0.25, 0.3) is 33.4 Å². The average molecular weight is 743 g/mol. The number of anilines is 2. The third-order valence-electron chi connectivity index (χ3n) is 10.5. The van der Waals surface area contributed by atoms with Crippen molar-refractivity contribution in [2.75, 3.05) is 45.2 Å². The monoisotopic (exact) mass is 742 g/mol. The first kappa shape index (κ1) is 37.0. The first-order valence-corrected chi connectivity index (χ1v) is 20.2. The van der Waals surface area contributed by atoms with E-state index in [4.69, 9.17) is 10.2 Å². The fourth-order valence-corrected chi connectivity index (χ4v) is 9.04. The van der Waals surface area contributed by atoms with Crippen LogP contribution in [0.1, 0.15) is 32.1 Å². The van der Waals surface area contributed by atoms with Crippen molar-refractivity contribution in [3.05, 3.63) is 127 Å². The molecule has 1 saturated heterocycles. The molecule has 0 atom stereocenters. The Labute approximate surface area is 317 Å². The fraction of sp³-hybridized carbons (Fsp3) is 0.273. The largest absolute Gasteiger partial charge is 0.456 e. The van der Waals surface area contributed by atoms with Gasteiger partial charge in [-0.1, -0.05) is 61.0 Å². The van der Waals surface area contributed by atoms with Gasteiger partial charge >= 0.3 is 0 Å². The van der Waals surface area contributed by atoms with Crippen LogP contribution in [0.15, 0.2) is 131 Å². The van der Waals surface area contributed by atoms with Crippen molar-refractivity contribution >= 4 is 44.0 Å². The van der Waals surface area contributed by atoms with Gasteiger partial charge in [-0.05, 0) is 68.6 Å². The Kier molecular flexibility index (Phi) is 11.2. The van der Waals surface area contributed by atoms with Crippen LogP contribution in [-0.4, -0.2) is 58.9 Å². The molecule has 4 aromatic rings. The summed E-state index contributed by atoms with van der Waals surface area (Å²) in [5.74, 6) is 0.427. The predicted molar refractivity (Wildman–Crippen MR) is 217 cm³/mol. The molecule has 1 aliphatic carbocycles. The van der Waals surface area contributed by atoms with Gasteiger partial charge in [0.05, 0.1) is 11.0 Å². The van der Waals surface area contributed by atoms with Crippen LogP contribution in [0.3, 0.4) is 0 Å². The molecule has 0 saturated carbocycles. The summed E-state index contributed by atoms with van der Waals surface area (Å²) in [7, 11) is 0.108. The second-order valence-electron chi connectivity index (χ2n) is 13.9. The third kappa shape index (κ3) is 7.68. The van der Waals surface area contributed by atoms with Gasteiger partial charge in [0.15, 0.2) is 0 Å². The number of unbranched alkanes of at least 4 members (excludes halogenated alkanes) is 2. The number of rotatable bonds is 12. The van der Waals surface area contributed by atoms with Gasteiger partial charge in [-0.25, -0.2) is 8.42 Å². The van der Waals surface area contributed by atoms with Gasteiger partial charge in [0.25, 0.3) is 0 Å². The predicted octanol–water partition coefficient (Wildman–Crippen LogP) is 7.35. The highest BCUT2D eigenvalue weighted by Crippen LogP contribution is 2.44. The van der Waals surface area contributed by atoms with Gasteiger partial charge in [-0.2, -0.15) is 8.88 Å². The van der Waals surface area contributed by atoms with Gasteiger partial charge in [0.1, 0.15) is 18.4 Å². The Morgan fingerprint density at radius 2 is 1.54 bits per heavy atom. The Morgan fingerprint density at radius 1 is 0.833 bits per heavy atom. The molecule has 2 aliphatic heterocycles. The van der Waals surface area contributed by atoms with Crippen LogP contribution >= 0.6 is 0 Å². The zero-order valence-corrected chi connectivity index (χ0v) is 31.8. The topological polar surface area (TPSA) is 112 Å². The van der Waals surface area contributed by atoms with Crippen molar-refractivity contribution in [3.63, 3.8) is 0 Å². The highest BCUT2D eigenvalue weighted by Gasteiger charge is 2.34. The van der Waals surface area contributed by atoms with E-state index in [2.05, 4.69) is 39.1 Å². The summed E-state index contributed by atoms with van der Waals surface area (Å²) in [6.45, 7) is 1.82. The number of carbonyl (C=O) groups is 1. The highest BCUT2D eigenvalue weighted by atomic mass is 32.2. The van der Waals surface area contributed by atoms with Crippen LogP contribution in [0.5, 0.6) is 0 Å². The highest BCUT2D eigenvalue weighted by molar-refractivity contribution is 7.89. The lowest BCUT2D eigenvalue weighted by Crippen LogP contribution is -2.43. The number of benzene rings is 5. The normalized spacial score (nSPS) is 14.6. The molecular formula is C44H48N5O4S+.